The number of urea groups is 1. The molecule has 172 valence electrons. The lowest BCUT2D eigenvalue weighted by molar-refractivity contribution is -0.141. The lowest BCUT2D eigenvalue weighted by atomic mass is 9.98. The lowest BCUT2D eigenvalue weighted by Crippen LogP contribution is -2.50. The largest absolute Gasteiger partial charge is 0.465 e. The molecule has 2 aromatic rings. The summed E-state index contributed by atoms with van der Waals surface area (Å²) in [6.07, 6.45) is 2.73. The first kappa shape index (κ1) is 23.4. The molecule has 3 amide bonds. The van der Waals surface area contributed by atoms with E-state index < -0.39 is 12.0 Å². The number of rotatable bonds is 8. The van der Waals surface area contributed by atoms with Crippen LogP contribution < -0.4 is 5.32 Å². The second-order valence-corrected chi connectivity index (χ2v) is 7.91. The highest BCUT2D eigenvalue weighted by Gasteiger charge is 2.33. The van der Waals surface area contributed by atoms with Gasteiger partial charge in [-0.3, -0.25) is 9.59 Å². The van der Waals surface area contributed by atoms with Gasteiger partial charge in [0.2, 0.25) is 5.91 Å². The van der Waals surface area contributed by atoms with Crippen molar-refractivity contribution in [2.45, 2.75) is 39.8 Å². The molecule has 0 spiro atoms. The van der Waals surface area contributed by atoms with Crippen molar-refractivity contribution in [1.29, 1.82) is 0 Å². The van der Waals surface area contributed by atoms with Crippen LogP contribution in [-0.4, -0.2) is 65.1 Å². The molecule has 32 heavy (non-hydrogen) atoms. The Bertz CT molecular complexity index is 938. The molecule has 1 aromatic heterocycles. The zero-order chi connectivity index (χ0) is 23.1. The Labute approximate surface area is 189 Å². The number of amides is 3. The number of aromatic nitrogens is 1. The molecule has 2 heterocycles. The van der Waals surface area contributed by atoms with E-state index in [4.69, 9.17) is 4.74 Å². The van der Waals surface area contributed by atoms with E-state index in [0.717, 1.165) is 16.8 Å². The Kier molecular flexibility index (Phi) is 7.92. The maximum Gasteiger partial charge on any atom is 0.325 e. The van der Waals surface area contributed by atoms with E-state index in [-0.39, 0.29) is 31.6 Å². The summed E-state index contributed by atoms with van der Waals surface area (Å²) in [5, 5.41) is 2.56. The zero-order valence-electron chi connectivity index (χ0n) is 19.0. The van der Waals surface area contributed by atoms with Crippen LogP contribution >= 0.6 is 0 Å². The fourth-order valence-corrected chi connectivity index (χ4v) is 4.00. The van der Waals surface area contributed by atoms with Crippen LogP contribution in [0.3, 0.4) is 0 Å². The summed E-state index contributed by atoms with van der Waals surface area (Å²) < 4.78 is 7.03. The third-order valence-electron chi connectivity index (χ3n) is 5.55. The van der Waals surface area contributed by atoms with Gasteiger partial charge in [0, 0.05) is 31.5 Å². The number of carbonyl (C=O) groups is 3. The molecule has 0 saturated carbocycles. The van der Waals surface area contributed by atoms with Gasteiger partial charge in [-0.05, 0) is 38.0 Å². The minimum atomic E-state index is -0.500. The number of nitrogens with one attached hydrogen (secondary N) is 1. The summed E-state index contributed by atoms with van der Waals surface area (Å²) in [6.45, 7) is 7.36. The Hall–Kier alpha value is -3.29. The topological polar surface area (TPSA) is 83.9 Å². The Morgan fingerprint density at radius 3 is 2.56 bits per heavy atom. The number of benzene rings is 1. The van der Waals surface area contributed by atoms with Crippen molar-refractivity contribution in [3.8, 4) is 0 Å². The van der Waals surface area contributed by atoms with E-state index in [2.05, 4.69) is 22.0 Å². The first-order valence-corrected chi connectivity index (χ1v) is 11.1. The molecule has 1 unspecified atom stereocenters. The minimum absolute atomic E-state index is 0.0500. The average Bonchev–Trinajstić information content (AvgIpc) is 3.26. The van der Waals surface area contributed by atoms with Crippen LogP contribution in [0.25, 0.3) is 0 Å². The van der Waals surface area contributed by atoms with Crippen LogP contribution in [0.5, 0.6) is 0 Å². The number of aryl methyl sites for hydroxylation is 1. The van der Waals surface area contributed by atoms with Crippen molar-refractivity contribution in [3.05, 3.63) is 59.4 Å². The van der Waals surface area contributed by atoms with E-state index in [1.165, 1.54) is 4.90 Å². The average molecular weight is 441 g/mol. The molecule has 0 radical (unpaired) electrons. The molecule has 0 aliphatic carbocycles. The zero-order valence-corrected chi connectivity index (χ0v) is 19.0. The van der Waals surface area contributed by atoms with Crippen LogP contribution in [0.1, 0.15) is 43.1 Å². The van der Waals surface area contributed by atoms with Gasteiger partial charge < -0.3 is 24.4 Å². The normalized spacial score (nSPS) is 15.1. The number of carbonyl (C=O) groups excluding carboxylic acids is 3. The van der Waals surface area contributed by atoms with Crippen molar-refractivity contribution < 1.29 is 19.1 Å². The van der Waals surface area contributed by atoms with Crippen molar-refractivity contribution in [3.63, 3.8) is 0 Å². The fourth-order valence-electron chi connectivity index (χ4n) is 4.00. The van der Waals surface area contributed by atoms with Gasteiger partial charge >= 0.3 is 12.0 Å². The highest BCUT2D eigenvalue weighted by molar-refractivity contribution is 5.86. The first-order chi connectivity index (χ1) is 15.4. The summed E-state index contributed by atoms with van der Waals surface area (Å²) in [5.41, 5.74) is 3.25. The standard InChI is InChI=1S/C24H32N4O4/c1-4-12-27(24(31)25-16-22(30)32-5-2)17-21(29)28-15-14-26-13-6-7-20(26)23(28)19-10-8-18(3)9-11-19/h6-11,13,23H,4-5,12,14-17H2,1-3H3,(H,25,31). The summed E-state index contributed by atoms with van der Waals surface area (Å²) in [5.74, 6) is -0.623. The van der Waals surface area contributed by atoms with Gasteiger partial charge in [-0.1, -0.05) is 36.8 Å². The molecule has 0 bridgehead atoms. The molecule has 3 rings (SSSR count). The fraction of sp³-hybridized carbons (Fsp3) is 0.458. The summed E-state index contributed by atoms with van der Waals surface area (Å²) in [7, 11) is 0. The van der Waals surface area contributed by atoms with Crippen molar-refractivity contribution >= 4 is 17.9 Å². The van der Waals surface area contributed by atoms with E-state index in [0.29, 0.717) is 26.1 Å². The summed E-state index contributed by atoms with van der Waals surface area (Å²) in [6, 6.07) is 11.6. The van der Waals surface area contributed by atoms with E-state index in [1.807, 2.05) is 49.2 Å². The maximum atomic E-state index is 13.4. The quantitative estimate of drug-likeness (QED) is 0.640. The smallest absolute Gasteiger partial charge is 0.325 e. The number of esters is 1. The molecule has 0 saturated heterocycles. The van der Waals surface area contributed by atoms with Gasteiger partial charge in [-0.15, -0.1) is 0 Å². The van der Waals surface area contributed by atoms with Crippen LogP contribution in [0.2, 0.25) is 0 Å². The molecule has 8 nitrogen and oxygen atoms in total. The van der Waals surface area contributed by atoms with Gasteiger partial charge in [0.25, 0.3) is 0 Å². The van der Waals surface area contributed by atoms with E-state index in [1.54, 1.807) is 6.92 Å². The van der Waals surface area contributed by atoms with E-state index >= 15 is 0 Å². The van der Waals surface area contributed by atoms with Gasteiger partial charge in [-0.25, -0.2) is 4.79 Å². The van der Waals surface area contributed by atoms with Crippen LogP contribution in [0, 0.1) is 6.92 Å². The third kappa shape index (κ3) is 5.49. The first-order valence-electron chi connectivity index (χ1n) is 11.1. The molecule has 1 aliphatic heterocycles. The number of hydrogen-bond donors (Lipinski definition) is 1. The molecular weight excluding hydrogens is 408 g/mol. The van der Waals surface area contributed by atoms with Gasteiger partial charge in [0.1, 0.15) is 13.1 Å². The van der Waals surface area contributed by atoms with Crippen LogP contribution in [0.15, 0.2) is 42.6 Å². The SMILES string of the molecule is CCCN(CC(=O)N1CCn2cccc2C1c1ccc(C)cc1)C(=O)NCC(=O)OCC. The molecule has 1 aromatic carbocycles. The van der Waals surface area contributed by atoms with E-state index in [9.17, 15) is 14.4 Å². The second-order valence-electron chi connectivity index (χ2n) is 7.91. The predicted molar refractivity (Wildman–Crippen MR) is 121 cm³/mol. The molecule has 1 N–H and O–H groups in total. The van der Waals surface area contributed by atoms with Gasteiger partial charge in [0.15, 0.2) is 0 Å². The van der Waals surface area contributed by atoms with Crippen molar-refractivity contribution in [2.75, 3.05) is 32.8 Å². The maximum absolute atomic E-state index is 13.4. The number of hydrogen-bond acceptors (Lipinski definition) is 4. The third-order valence-corrected chi connectivity index (χ3v) is 5.55. The molecule has 1 atom stereocenters. The highest BCUT2D eigenvalue weighted by Crippen LogP contribution is 2.32. The molecule has 1 aliphatic rings. The second kappa shape index (κ2) is 10.8. The van der Waals surface area contributed by atoms with Crippen molar-refractivity contribution in [1.82, 2.24) is 19.7 Å². The Morgan fingerprint density at radius 2 is 1.88 bits per heavy atom. The number of nitrogens with zero attached hydrogens (tertiary/aromatic N) is 3. The van der Waals surface area contributed by atoms with Crippen LogP contribution in [-0.2, 0) is 20.9 Å². The van der Waals surface area contributed by atoms with Crippen molar-refractivity contribution in [2.24, 2.45) is 0 Å². The lowest BCUT2D eigenvalue weighted by Gasteiger charge is -2.38. The Morgan fingerprint density at radius 1 is 1.12 bits per heavy atom. The summed E-state index contributed by atoms with van der Waals surface area (Å²) >= 11 is 0. The Balaban J connectivity index is 1.76. The molecule has 8 heteroatoms. The molecular formula is C24H32N4O4. The minimum Gasteiger partial charge on any atom is -0.465 e. The van der Waals surface area contributed by atoms with Gasteiger partial charge in [-0.2, -0.15) is 0 Å². The highest BCUT2D eigenvalue weighted by atomic mass is 16.5. The number of fused-ring (bicyclic) bond motifs is 1. The van der Waals surface area contributed by atoms with Crippen LogP contribution in [0.4, 0.5) is 4.79 Å². The predicted octanol–water partition coefficient (Wildman–Crippen LogP) is 2.71. The van der Waals surface area contributed by atoms with Gasteiger partial charge in [0.05, 0.1) is 12.6 Å². The molecule has 0 fully saturated rings. The number of ether oxygens (including phenoxy) is 1. The summed E-state index contributed by atoms with van der Waals surface area (Å²) in [4.78, 5) is 40.9. The monoisotopic (exact) mass is 440 g/mol.